The molecule has 0 saturated heterocycles. The smallest absolute Gasteiger partial charge is 0.433 e. The molecular weight excluding hydrogens is 283 g/mol. The summed E-state index contributed by atoms with van der Waals surface area (Å²) in [6.45, 7) is 0.813. The molecular formula is C10H10F3N3O4. The van der Waals surface area contributed by atoms with Crippen molar-refractivity contribution in [3.8, 4) is 0 Å². The second-order valence-electron chi connectivity index (χ2n) is 3.72. The molecule has 1 aromatic rings. The summed E-state index contributed by atoms with van der Waals surface area (Å²) in [5.41, 5.74) is -2.43. The first-order valence-electron chi connectivity index (χ1n) is 5.35. The number of anilines is 1. The average molecular weight is 293 g/mol. The van der Waals surface area contributed by atoms with E-state index in [1.165, 1.54) is 6.92 Å². The van der Waals surface area contributed by atoms with E-state index in [0.29, 0.717) is 12.3 Å². The zero-order valence-electron chi connectivity index (χ0n) is 10.2. The Kier molecular flexibility index (Phi) is 4.48. The molecule has 1 rings (SSSR count). The number of aliphatic carboxylic acids is 1. The Labute approximate surface area is 110 Å². The third kappa shape index (κ3) is 3.56. The fourth-order valence-corrected chi connectivity index (χ4v) is 1.52. The van der Waals surface area contributed by atoms with Crippen molar-refractivity contribution in [2.75, 3.05) is 18.0 Å². The minimum Gasteiger partial charge on any atom is -0.480 e. The third-order valence-electron chi connectivity index (χ3n) is 2.40. The molecule has 0 aliphatic carbocycles. The molecule has 1 aromatic heterocycles. The number of pyridine rings is 1. The molecule has 1 heterocycles. The number of carboxylic acids is 1. The molecule has 0 fully saturated rings. The zero-order chi connectivity index (χ0) is 15.5. The highest BCUT2D eigenvalue weighted by Crippen LogP contribution is 2.34. The van der Waals surface area contributed by atoms with Crippen LogP contribution in [-0.4, -0.2) is 34.1 Å². The summed E-state index contributed by atoms with van der Waals surface area (Å²) in [6, 6.07) is 0.477. The Balaban J connectivity index is 3.37. The maximum Gasteiger partial charge on any atom is 0.433 e. The molecule has 0 unspecified atom stereocenters. The maximum absolute atomic E-state index is 12.6. The number of aromatic nitrogens is 1. The average Bonchev–Trinajstić information content (AvgIpc) is 2.33. The fraction of sp³-hybridized carbons (Fsp3) is 0.400. The first kappa shape index (κ1) is 15.7. The van der Waals surface area contributed by atoms with Crippen LogP contribution in [0.25, 0.3) is 0 Å². The van der Waals surface area contributed by atoms with Gasteiger partial charge in [-0.05, 0) is 13.0 Å². The van der Waals surface area contributed by atoms with Gasteiger partial charge in [0.15, 0.2) is 0 Å². The first-order chi connectivity index (χ1) is 9.16. The van der Waals surface area contributed by atoms with Crippen LogP contribution in [0.1, 0.15) is 12.6 Å². The molecule has 0 aromatic carbocycles. The molecule has 110 valence electrons. The maximum atomic E-state index is 12.6. The Hall–Kier alpha value is -2.39. The lowest BCUT2D eigenvalue weighted by Crippen LogP contribution is -2.30. The summed E-state index contributed by atoms with van der Waals surface area (Å²) in [7, 11) is 0. The number of nitrogens with zero attached hydrogens (tertiary/aromatic N) is 3. The van der Waals surface area contributed by atoms with Crippen LogP contribution in [0, 0.1) is 10.1 Å². The Morgan fingerprint density at radius 2 is 2.15 bits per heavy atom. The van der Waals surface area contributed by atoms with Crippen LogP contribution in [-0.2, 0) is 11.0 Å². The summed E-state index contributed by atoms with van der Waals surface area (Å²) in [4.78, 5) is 24.5. The molecule has 7 nitrogen and oxygen atoms in total. The molecule has 1 N–H and O–H groups in total. The minimum atomic E-state index is -4.77. The molecule has 20 heavy (non-hydrogen) atoms. The first-order valence-corrected chi connectivity index (χ1v) is 5.35. The largest absolute Gasteiger partial charge is 0.480 e. The number of alkyl halides is 3. The van der Waals surface area contributed by atoms with E-state index in [4.69, 9.17) is 5.11 Å². The van der Waals surface area contributed by atoms with Gasteiger partial charge in [0, 0.05) is 6.54 Å². The molecule has 0 radical (unpaired) electrons. The second kappa shape index (κ2) is 5.72. The van der Waals surface area contributed by atoms with Gasteiger partial charge in [0.1, 0.15) is 24.1 Å². The summed E-state index contributed by atoms with van der Waals surface area (Å²) in [6.07, 6.45) is -4.30. The van der Waals surface area contributed by atoms with Crippen molar-refractivity contribution in [2.24, 2.45) is 0 Å². The van der Waals surface area contributed by atoms with E-state index >= 15 is 0 Å². The van der Waals surface area contributed by atoms with E-state index in [1.807, 2.05) is 0 Å². The van der Waals surface area contributed by atoms with Gasteiger partial charge in [0.25, 0.3) is 0 Å². The van der Waals surface area contributed by atoms with Crippen molar-refractivity contribution in [3.05, 3.63) is 28.1 Å². The van der Waals surface area contributed by atoms with Gasteiger partial charge in [-0.1, -0.05) is 0 Å². The van der Waals surface area contributed by atoms with E-state index in [9.17, 15) is 28.1 Å². The van der Waals surface area contributed by atoms with Crippen LogP contribution >= 0.6 is 0 Å². The van der Waals surface area contributed by atoms with Crippen molar-refractivity contribution in [1.29, 1.82) is 0 Å². The van der Waals surface area contributed by atoms with Gasteiger partial charge in [0.05, 0.1) is 4.92 Å². The Bertz CT molecular complexity index is 533. The molecule has 0 bridgehead atoms. The Morgan fingerprint density at radius 3 is 2.55 bits per heavy atom. The zero-order valence-corrected chi connectivity index (χ0v) is 10.2. The molecule has 0 amide bonds. The monoisotopic (exact) mass is 293 g/mol. The van der Waals surface area contributed by atoms with E-state index in [2.05, 4.69) is 4.98 Å². The summed E-state index contributed by atoms with van der Waals surface area (Å²) in [5, 5.41) is 19.5. The fourth-order valence-electron chi connectivity index (χ4n) is 1.52. The van der Waals surface area contributed by atoms with Gasteiger partial charge >= 0.3 is 17.8 Å². The van der Waals surface area contributed by atoms with Crippen molar-refractivity contribution in [1.82, 2.24) is 4.98 Å². The molecule has 0 aliphatic heterocycles. The molecule has 10 heteroatoms. The van der Waals surface area contributed by atoms with Gasteiger partial charge in [-0.2, -0.15) is 13.2 Å². The Morgan fingerprint density at radius 1 is 1.55 bits per heavy atom. The second-order valence-corrected chi connectivity index (χ2v) is 3.72. The van der Waals surface area contributed by atoms with Gasteiger partial charge in [-0.3, -0.25) is 14.9 Å². The van der Waals surface area contributed by atoms with Gasteiger partial charge < -0.3 is 10.0 Å². The van der Waals surface area contributed by atoms with E-state index in [1.54, 1.807) is 0 Å². The summed E-state index contributed by atoms with van der Waals surface area (Å²) >= 11 is 0. The number of likely N-dealkylation sites (N-methyl/N-ethyl adjacent to an activating group) is 1. The number of hydrogen-bond donors (Lipinski definition) is 1. The predicted molar refractivity (Wildman–Crippen MR) is 61.4 cm³/mol. The van der Waals surface area contributed by atoms with Crippen molar-refractivity contribution in [2.45, 2.75) is 13.1 Å². The van der Waals surface area contributed by atoms with Gasteiger partial charge in [-0.15, -0.1) is 0 Å². The standard InChI is InChI=1S/C10H10F3N3O4/c1-2-15(5-9(17)18)6-3-8(10(11,12)13)14-4-7(6)16(19)20/h3-4H,2,5H2,1H3,(H,17,18). The van der Waals surface area contributed by atoms with Crippen LogP contribution in [0.2, 0.25) is 0 Å². The number of nitro groups is 1. The molecule has 0 aliphatic rings. The van der Waals surface area contributed by atoms with Crippen molar-refractivity contribution in [3.63, 3.8) is 0 Å². The van der Waals surface area contributed by atoms with E-state index < -0.39 is 40.7 Å². The number of carboxylic acid groups (broad SMARTS) is 1. The van der Waals surface area contributed by atoms with E-state index in [-0.39, 0.29) is 6.54 Å². The van der Waals surface area contributed by atoms with Crippen LogP contribution in [0.4, 0.5) is 24.5 Å². The topological polar surface area (TPSA) is 96.6 Å². The van der Waals surface area contributed by atoms with Crippen LogP contribution in [0.15, 0.2) is 12.3 Å². The number of hydrogen-bond acceptors (Lipinski definition) is 5. The highest BCUT2D eigenvalue weighted by Gasteiger charge is 2.35. The summed E-state index contributed by atoms with van der Waals surface area (Å²) < 4.78 is 37.7. The lowest BCUT2D eigenvalue weighted by molar-refractivity contribution is -0.384. The van der Waals surface area contributed by atoms with Crippen LogP contribution < -0.4 is 4.90 Å². The van der Waals surface area contributed by atoms with Crippen LogP contribution in [0.3, 0.4) is 0 Å². The van der Waals surface area contributed by atoms with Gasteiger partial charge in [-0.25, -0.2) is 4.98 Å². The number of rotatable bonds is 5. The van der Waals surface area contributed by atoms with Crippen LogP contribution in [0.5, 0.6) is 0 Å². The summed E-state index contributed by atoms with van der Waals surface area (Å²) in [5.74, 6) is -1.31. The predicted octanol–water partition coefficient (Wildman–Crippen LogP) is 1.92. The highest BCUT2D eigenvalue weighted by molar-refractivity contribution is 5.76. The third-order valence-corrected chi connectivity index (χ3v) is 2.40. The molecule has 0 spiro atoms. The van der Waals surface area contributed by atoms with E-state index in [0.717, 1.165) is 4.90 Å². The quantitative estimate of drug-likeness (QED) is 0.658. The lowest BCUT2D eigenvalue weighted by Gasteiger charge is -2.21. The normalized spacial score (nSPS) is 11.2. The highest BCUT2D eigenvalue weighted by atomic mass is 19.4. The van der Waals surface area contributed by atoms with Gasteiger partial charge in [0.2, 0.25) is 0 Å². The van der Waals surface area contributed by atoms with Crippen molar-refractivity contribution >= 4 is 17.3 Å². The SMILES string of the molecule is CCN(CC(=O)O)c1cc(C(F)(F)F)ncc1[N+](=O)[O-]. The van der Waals surface area contributed by atoms with Crippen molar-refractivity contribution < 1.29 is 28.0 Å². The number of halogens is 3. The molecule has 0 saturated carbocycles. The number of carbonyl (C=O) groups is 1. The lowest BCUT2D eigenvalue weighted by atomic mass is 10.2. The minimum absolute atomic E-state index is 0.00551. The molecule has 0 atom stereocenters.